The number of benzene rings is 6. The molecule has 0 amide bonds. The Balaban J connectivity index is 0.000000231. The molecular weight excluding hydrogens is 729 g/mol. The van der Waals surface area contributed by atoms with Gasteiger partial charge in [-0.05, 0) is 89.0 Å². The Hall–Kier alpha value is -6.82. The summed E-state index contributed by atoms with van der Waals surface area (Å²) in [6.07, 6.45) is 1.07. The van der Waals surface area contributed by atoms with E-state index in [1.807, 2.05) is 91.0 Å². The van der Waals surface area contributed by atoms with Crippen LogP contribution in [0.3, 0.4) is 0 Å². The van der Waals surface area contributed by atoms with E-state index in [4.69, 9.17) is 23.7 Å². The molecule has 0 spiro atoms. The van der Waals surface area contributed by atoms with Crippen LogP contribution in [-0.2, 0) is 35.0 Å². The second-order valence-electron chi connectivity index (χ2n) is 13.0. The Morgan fingerprint density at radius 1 is 0.679 bits per heavy atom. The van der Waals surface area contributed by atoms with Gasteiger partial charge in [-0.15, -0.1) is 0 Å². The fraction of sp³-hybridized carbons (Fsp3) is 0.111. The van der Waals surface area contributed by atoms with E-state index in [9.17, 15) is 14.7 Å². The maximum atomic E-state index is 13.4. The molecule has 0 bridgehead atoms. The van der Waals surface area contributed by atoms with E-state index in [1.165, 1.54) is 0 Å². The van der Waals surface area contributed by atoms with Gasteiger partial charge in [0.25, 0.3) is 5.79 Å². The van der Waals surface area contributed by atoms with E-state index in [0.717, 1.165) is 46.0 Å². The number of cyclic esters (lactones) is 1. The van der Waals surface area contributed by atoms with E-state index >= 15 is 0 Å². The summed E-state index contributed by atoms with van der Waals surface area (Å²) in [7, 11) is 0. The number of aromatic nitrogens is 2. The number of fused-ring (bicyclic) bond motifs is 2. The summed E-state index contributed by atoms with van der Waals surface area (Å²) >= 11 is 1.10. The molecular formula is C45H34N2O8S. The van der Waals surface area contributed by atoms with Crippen LogP contribution >= 0.6 is 11.7 Å². The molecule has 11 heteroatoms. The van der Waals surface area contributed by atoms with Crippen LogP contribution in [0, 0.1) is 0 Å². The summed E-state index contributed by atoms with van der Waals surface area (Å²) in [5, 5.41) is 12.0. The number of carbonyl (C=O) groups is 2. The normalized spacial score (nSPS) is 15.6. The molecule has 7 aromatic rings. The summed E-state index contributed by atoms with van der Waals surface area (Å²) in [5.74, 6) is -0.103. The van der Waals surface area contributed by atoms with Crippen LogP contribution in [-0.4, -0.2) is 32.9 Å². The van der Waals surface area contributed by atoms with Crippen LogP contribution in [0.2, 0.25) is 0 Å². The summed E-state index contributed by atoms with van der Waals surface area (Å²) in [4.78, 5) is 23.9. The summed E-state index contributed by atoms with van der Waals surface area (Å²) < 4.78 is 36.8. The highest BCUT2D eigenvalue weighted by Gasteiger charge is 2.48. The molecule has 9 rings (SSSR count). The second kappa shape index (κ2) is 16.3. The molecule has 1 N–H and O–H groups in total. The lowest BCUT2D eigenvalue weighted by Crippen LogP contribution is -2.29. The number of aliphatic hydroxyl groups is 1. The highest BCUT2D eigenvalue weighted by atomic mass is 32.1. The molecule has 0 saturated heterocycles. The number of hydrogen-bond donors (Lipinski definition) is 1. The number of aldehydes is 1. The predicted octanol–water partition coefficient (Wildman–Crippen LogP) is 8.48. The van der Waals surface area contributed by atoms with E-state index < -0.39 is 11.8 Å². The zero-order valence-corrected chi connectivity index (χ0v) is 30.7. The van der Waals surface area contributed by atoms with E-state index in [2.05, 4.69) is 8.75 Å². The van der Waals surface area contributed by atoms with Crippen LogP contribution < -0.4 is 18.9 Å². The quantitative estimate of drug-likeness (QED) is 0.101. The zero-order valence-electron chi connectivity index (χ0n) is 29.9. The average Bonchev–Trinajstić information content (AvgIpc) is 3.98. The summed E-state index contributed by atoms with van der Waals surface area (Å²) in [6, 6.07) is 45.0. The second-order valence-corrected chi connectivity index (χ2v) is 13.5. The van der Waals surface area contributed by atoms with Crippen molar-refractivity contribution in [2.75, 3.05) is 6.79 Å². The first-order chi connectivity index (χ1) is 27.4. The van der Waals surface area contributed by atoms with Gasteiger partial charge in [-0.2, -0.15) is 8.75 Å². The minimum absolute atomic E-state index is 0.0886. The van der Waals surface area contributed by atoms with Crippen LogP contribution in [0.5, 0.6) is 23.0 Å². The highest BCUT2D eigenvalue weighted by molar-refractivity contribution is 7.00. The monoisotopic (exact) mass is 762 g/mol. The van der Waals surface area contributed by atoms with Crippen molar-refractivity contribution in [1.82, 2.24) is 8.75 Å². The minimum atomic E-state index is -2.01. The van der Waals surface area contributed by atoms with Crippen molar-refractivity contribution in [3.8, 4) is 23.0 Å². The lowest BCUT2D eigenvalue weighted by molar-refractivity contribution is -0.185. The van der Waals surface area contributed by atoms with Crippen molar-refractivity contribution >= 4 is 40.6 Å². The average molecular weight is 763 g/mol. The van der Waals surface area contributed by atoms with Gasteiger partial charge >= 0.3 is 5.97 Å². The van der Waals surface area contributed by atoms with Gasteiger partial charge in [0.2, 0.25) is 6.79 Å². The molecule has 6 aromatic carbocycles. The van der Waals surface area contributed by atoms with Crippen molar-refractivity contribution in [2.24, 2.45) is 0 Å². The van der Waals surface area contributed by atoms with Gasteiger partial charge in [0.15, 0.2) is 11.5 Å². The van der Waals surface area contributed by atoms with E-state index in [1.54, 1.807) is 54.6 Å². The van der Waals surface area contributed by atoms with Crippen molar-refractivity contribution in [2.45, 2.75) is 25.4 Å². The van der Waals surface area contributed by atoms with Gasteiger partial charge in [-0.25, -0.2) is 4.79 Å². The largest absolute Gasteiger partial charge is 0.489 e. The van der Waals surface area contributed by atoms with Crippen molar-refractivity contribution < 1.29 is 38.4 Å². The maximum Gasteiger partial charge on any atom is 0.342 e. The molecule has 0 radical (unpaired) electrons. The molecule has 0 fully saturated rings. The molecule has 1 aromatic heterocycles. The first kappa shape index (κ1) is 36.2. The highest BCUT2D eigenvalue weighted by Crippen LogP contribution is 2.47. The Labute approximate surface area is 326 Å². The molecule has 1 unspecified atom stereocenters. The number of carbonyl (C=O) groups excluding carboxylic acids is 2. The third-order valence-corrected chi connectivity index (χ3v) is 9.84. The topological polar surface area (TPSA) is 126 Å². The summed E-state index contributed by atoms with van der Waals surface area (Å²) in [5.41, 5.74) is 6.80. The molecule has 2 aliphatic rings. The van der Waals surface area contributed by atoms with Crippen LogP contribution in [0.25, 0.3) is 16.6 Å². The lowest BCUT2D eigenvalue weighted by Gasteiger charge is -2.26. The van der Waals surface area contributed by atoms with Gasteiger partial charge in [0, 0.05) is 23.1 Å². The van der Waals surface area contributed by atoms with Gasteiger partial charge in [0.1, 0.15) is 42.0 Å². The lowest BCUT2D eigenvalue weighted by atomic mass is 9.88. The molecule has 10 nitrogen and oxygen atoms in total. The standard InChI is InChI=1S/C31H22N2O6S.C14H12O2/c34-30-29(21-8-12-25-26(15-21)33-40-32-25)24(31(35,39-30)22-9-13-27-28(16-22)38-18-37-27)14-19-6-10-23(11-7-19)36-17-20-4-2-1-3-5-20;15-10-12-6-8-14(9-7-12)16-11-13-4-2-1-3-5-13/h1-13,15-16,35H,14,17-18H2;1-10H,11H2. The van der Waals surface area contributed by atoms with Crippen molar-refractivity contribution in [3.05, 3.63) is 185 Å². The Morgan fingerprint density at radius 3 is 1.96 bits per heavy atom. The predicted molar refractivity (Wildman–Crippen MR) is 210 cm³/mol. The smallest absolute Gasteiger partial charge is 0.342 e. The molecule has 3 heterocycles. The van der Waals surface area contributed by atoms with Gasteiger partial charge in [-0.3, -0.25) is 4.79 Å². The molecule has 0 saturated carbocycles. The Bertz CT molecular complexity index is 2500. The number of ether oxygens (including phenoxy) is 5. The molecule has 56 heavy (non-hydrogen) atoms. The number of rotatable bonds is 11. The minimum Gasteiger partial charge on any atom is -0.489 e. The molecule has 1 atom stereocenters. The van der Waals surface area contributed by atoms with Gasteiger partial charge < -0.3 is 28.8 Å². The SMILES string of the molecule is O=C1OC(O)(c2ccc3c(c2)OCO3)C(Cc2ccc(OCc3ccccc3)cc2)=C1c1ccc2nsnc2c1.O=Cc1ccc(OCc2ccccc2)cc1. The molecule has 2 aliphatic heterocycles. The fourth-order valence-electron chi connectivity index (χ4n) is 6.35. The van der Waals surface area contributed by atoms with Gasteiger partial charge in [0.05, 0.1) is 17.3 Å². The Morgan fingerprint density at radius 2 is 1.30 bits per heavy atom. The van der Waals surface area contributed by atoms with Gasteiger partial charge in [-0.1, -0.05) is 78.9 Å². The van der Waals surface area contributed by atoms with E-state index in [0.29, 0.717) is 63.8 Å². The molecule has 0 aliphatic carbocycles. The first-order valence-electron chi connectivity index (χ1n) is 17.7. The number of nitrogens with zero attached hydrogens (tertiary/aromatic N) is 2. The Kier molecular flexibility index (Phi) is 10.5. The maximum absolute atomic E-state index is 13.4. The fourth-order valence-corrected chi connectivity index (χ4v) is 6.87. The first-order valence-corrected chi connectivity index (χ1v) is 18.5. The number of hydrogen-bond acceptors (Lipinski definition) is 11. The third kappa shape index (κ3) is 8.00. The summed E-state index contributed by atoms with van der Waals surface area (Å²) in [6.45, 7) is 1.09. The molecule has 278 valence electrons. The number of esters is 1. The van der Waals surface area contributed by atoms with Crippen LogP contribution in [0.1, 0.15) is 38.2 Å². The van der Waals surface area contributed by atoms with Crippen LogP contribution in [0.15, 0.2) is 151 Å². The van der Waals surface area contributed by atoms with Crippen molar-refractivity contribution in [3.63, 3.8) is 0 Å². The third-order valence-electron chi connectivity index (χ3n) is 9.28. The van der Waals surface area contributed by atoms with Crippen LogP contribution in [0.4, 0.5) is 0 Å². The van der Waals surface area contributed by atoms with E-state index in [-0.39, 0.29) is 13.2 Å². The van der Waals surface area contributed by atoms with Crippen molar-refractivity contribution in [1.29, 1.82) is 0 Å². The zero-order chi connectivity index (χ0) is 38.3.